The summed E-state index contributed by atoms with van der Waals surface area (Å²) in [6.45, 7) is 1.39. The van der Waals surface area contributed by atoms with Crippen molar-refractivity contribution in [3.05, 3.63) is 35.9 Å². The summed E-state index contributed by atoms with van der Waals surface area (Å²) in [5, 5.41) is 0. The first-order valence-electron chi connectivity index (χ1n) is 5.12. The van der Waals surface area contributed by atoms with Crippen molar-refractivity contribution in [1.29, 1.82) is 0 Å². The van der Waals surface area contributed by atoms with Gasteiger partial charge in [-0.15, -0.1) is 0 Å². The van der Waals surface area contributed by atoms with Crippen LogP contribution in [0.15, 0.2) is 30.3 Å². The standard InChI is InChI=1S/C11H13F3N2O/c1-2-9(11(12,13)14)15-16-10(17)8-6-4-3-5-7-8/h3-7,9,15H,2H2,1H3,(H,16,17). The van der Waals surface area contributed by atoms with Gasteiger partial charge >= 0.3 is 6.18 Å². The van der Waals surface area contributed by atoms with Crippen LogP contribution in [0.4, 0.5) is 13.2 Å². The van der Waals surface area contributed by atoms with Crippen molar-refractivity contribution in [3.8, 4) is 0 Å². The SMILES string of the molecule is CCC(NNC(=O)c1ccccc1)C(F)(F)F. The molecule has 0 aromatic heterocycles. The van der Waals surface area contributed by atoms with Gasteiger partial charge in [0.05, 0.1) is 0 Å². The topological polar surface area (TPSA) is 41.1 Å². The van der Waals surface area contributed by atoms with E-state index in [1.54, 1.807) is 18.2 Å². The maximum atomic E-state index is 12.4. The van der Waals surface area contributed by atoms with Gasteiger partial charge in [0, 0.05) is 5.56 Å². The predicted octanol–water partition coefficient (Wildman–Crippen LogP) is 2.26. The molecule has 94 valence electrons. The zero-order valence-electron chi connectivity index (χ0n) is 9.21. The number of nitrogens with one attached hydrogen (secondary N) is 2. The number of benzene rings is 1. The number of amides is 1. The molecule has 2 N–H and O–H groups in total. The van der Waals surface area contributed by atoms with Crippen LogP contribution in [0.25, 0.3) is 0 Å². The molecule has 0 bridgehead atoms. The van der Waals surface area contributed by atoms with Crippen LogP contribution in [-0.2, 0) is 0 Å². The number of carbonyl (C=O) groups is 1. The molecule has 0 aliphatic rings. The molecular weight excluding hydrogens is 233 g/mol. The fraction of sp³-hybridized carbons (Fsp3) is 0.364. The fourth-order valence-corrected chi connectivity index (χ4v) is 1.23. The summed E-state index contributed by atoms with van der Waals surface area (Å²) < 4.78 is 37.1. The van der Waals surface area contributed by atoms with Crippen LogP contribution in [0.5, 0.6) is 0 Å². The molecule has 1 atom stereocenters. The van der Waals surface area contributed by atoms with E-state index < -0.39 is 18.1 Å². The molecule has 0 radical (unpaired) electrons. The molecule has 0 aliphatic carbocycles. The Morgan fingerprint density at radius 1 is 1.29 bits per heavy atom. The average molecular weight is 246 g/mol. The molecule has 17 heavy (non-hydrogen) atoms. The molecule has 1 aromatic carbocycles. The third-order valence-electron chi connectivity index (χ3n) is 2.20. The minimum Gasteiger partial charge on any atom is -0.287 e. The lowest BCUT2D eigenvalue weighted by Crippen LogP contribution is -2.50. The van der Waals surface area contributed by atoms with E-state index in [1.807, 2.05) is 10.9 Å². The minimum absolute atomic E-state index is 0.154. The molecular formula is C11H13F3N2O. The lowest BCUT2D eigenvalue weighted by atomic mass is 10.2. The van der Waals surface area contributed by atoms with E-state index in [4.69, 9.17) is 0 Å². The Hall–Kier alpha value is -1.56. The molecule has 1 amide bonds. The maximum absolute atomic E-state index is 12.4. The van der Waals surface area contributed by atoms with Crippen LogP contribution in [0.1, 0.15) is 23.7 Å². The van der Waals surface area contributed by atoms with Gasteiger partial charge in [0.15, 0.2) is 0 Å². The van der Waals surface area contributed by atoms with Gasteiger partial charge in [0.1, 0.15) is 6.04 Å². The Bertz CT molecular complexity index is 365. The highest BCUT2D eigenvalue weighted by Crippen LogP contribution is 2.21. The van der Waals surface area contributed by atoms with Crippen LogP contribution in [0.2, 0.25) is 0 Å². The number of alkyl halides is 3. The molecule has 3 nitrogen and oxygen atoms in total. The van der Waals surface area contributed by atoms with Crippen LogP contribution in [-0.4, -0.2) is 18.1 Å². The highest BCUT2D eigenvalue weighted by molar-refractivity contribution is 5.93. The van der Waals surface area contributed by atoms with Gasteiger partial charge in [0.2, 0.25) is 0 Å². The molecule has 1 unspecified atom stereocenters. The molecule has 0 saturated carbocycles. The molecule has 1 rings (SSSR count). The van der Waals surface area contributed by atoms with Gasteiger partial charge in [-0.3, -0.25) is 10.2 Å². The monoisotopic (exact) mass is 246 g/mol. The number of rotatable bonds is 4. The van der Waals surface area contributed by atoms with Crippen LogP contribution in [0.3, 0.4) is 0 Å². The molecule has 1 aromatic rings. The first-order chi connectivity index (χ1) is 7.95. The highest BCUT2D eigenvalue weighted by atomic mass is 19.4. The molecule has 0 fully saturated rings. The summed E-state index contributed by atoms with van der Waals surface area (Å²) in [7, 11) is 0. The third-order valence-corrected chi connectivity index (χ3v) is 2.20. The van der Waals surface area contributed by atoms with Crippen molar-refractivity contribution >= 4 is 5.91 Å². The number of hydrogen-bond donors (Lipinski definition) is 2. The summed E-state index contributed by atoms with van der Waals surface area (Å²) in [4.78, 5) is 11.5. The number of carbonyl (C=O) groups excluding carboxylic acids is 1. The summed E-state index contributed by atoms with van der Waals surface area (Å²) in [5.74, 6) is -0.590. The highest BCUT2D eigenvalue weighted by Gasteiger charge is 2.38. The van der Waals surface area contributed by atoms with Crippen molar-refractivity contribution in [2.75, 3.05) is 0 Å². The van der Waals surface area contributed by atoms with Gasteiger partial charge in [0.25, 0.3) is 5.91 Å². The number of hydrazine groups is 1. The Morgan fingerprint density at radius 3 is 2.35 bits per heavy atom. The molecule has 6 heteroatoms. The van der Waals surface area contributed by atoms with Gasteiger partial charge in [-0.05, 0) is 18.6 Å². The zero-order chi connectivity index (χ0) is 12.9. The smallest absolute Gasteiger partial charge is 0.287 e. The molecule has 0 spiro atoms. The fourth-order valence-electron chi connectivity index (χ4n) is 1.23. The Labute approximate surface area is 97.0 Å². The molecule has 0 aliphatic heterocycles. The second-order valence-corrected chi connectivity index (χ2v) is 3.47. The van der Waals surface area contributed by atoms with Crippen LogP contribution in [0, 0.1) is 0 Å². The lowest BCUT2D eigenvalue weighted by Gasteiger charge is -2.20. The van der Waals surface area contributed by atoms with Crippen molar-refractivity contribution in [2.24, 2.45) is 0 Å². The third kappa shape index (κ3) is 4.07. The van der Waals surface area contributed by atoms with Crippen molar-refractivity contribution in [2.45, 2.75) is 25.6 Å². The van der Waals surface area contributed by atoms with E-state index in [0.717, 1.165) is 0 Å². The normalized spacial score (nSPS) is 13.2. The zero-order valence-corrected chi connectivity index (χ0v) is 9.21. The lowest BCUT2D eigenvalue weighted by molar-refractivity contribution is -0.158. The predicted molar refractivity (Wildman–Crippen MR) is 57.2 cm³/mol. The van der Waals surface area contributed by atoms with Crippen molar-refractivity contribution < 1.29 is 18.0 Å². The number of halogens is 3. The quantitative estimate of drug-likeness (QED) is 0.800. The Kier molecular flexibility index (Phi) is 4.51. The van der Waals surface area contributed by atoms with E-state index in [9.17, 15) is 18.0 Å². The van der Waals surface area contributed by atoms with Crippen molar-refractivity contribution in [1.82, 2.24) is 10.9 Å². The van der Waals surface area contributed by atoms with Gasteiger partial charge < -0.3 is 0 Å². The second kappa shape index (κ2) is 5.67. The second-order valence-electron chi connectivity index (χ2n) is 3.47. The van der Waals surface area contributed by atoms with Crippen molar-refractivity contribution in [3.63, 3.8) is 0 Å². The van der Waals surface area contributed by atoms with Crippen LogP contribution >= 0.6 is 0 Å². The van der Waals surface area contributed by atoms with E-state index in [-0.39, 0.29) is 6.42 Å². The molecule has 0 saturated heterocycles. The summed E-state index contributed by atoms with van der Waals surface area (Å²) in [6.07, 6.45) is -4.53. The first-order valence-corrected chi connectivity index (χ1v) is 5.12. The van der Waals surface area contributed by atoms with Gasteiger partial charge in [-0.25, -0.2) is 5.43 Å². The minimum atomic E-state index is -4.38. The number of hydrogen-bond acceptors (Lipinski definition) is 2. The van der Waals surface area contributed by atoms with Crippen LogP contribution < -0.4 is 10.9 Å². The summed E-state index contributed by atoms with van der Waals surface area (Å²) >= 11 is 0. The van der Waals surface area contributed by atoms with E-state index in [0.29, 0.717) is 5.56 Å². The van der Waals surface area contributed by atoms with E-state index in [2.05, 4.69) is 0 Å². The molecule has 0 heterocycles. The van der Waals surface area contributed by atoms with Gasteiger partial charge in [-0.2, -0.15) is 13.2 Å². The van der Waals surface area contributed by atoms with E-state index in [1.165, 1.54) is 19.1 Å². The largest absolute Gasteiger partial charge is 0.405 e. The Balaban J connectivity index is 2.54. The average Bonchev–Trinajstić information content (AvgIpc) is 2.29. The van der Waals surface area contributed by atoms with E-state index >= 15 is 0 Å². The maximum Gasteiger partial charge on any atom is 0.405 e. The Morgan fingerprint density at radius 2 is 1.88 bits per heavy atom. The first kappa shape index (κ1) is 13.5. The summed E-state index contributed by atoms with van der Waals surface area (Å²) in [6, 6.07) is 6.29. The summed E-state index contributed by atoms with van der Waals surface area (Å²) in [5.41, 5.74) is 4.33. The van der Waals surface area contributed by atoms with Gasteiger partial charge in [-0.1, -0.05) is 25.1 Å².